The molecule has 0 fully saturated rings. The van der Waals surface area contributed by atoms with Crippen LogP contribution in [0.1, 0.15) is 13.8 Å². The molecule has 0 radical (unpaired) electrons. The van der Waals surface area contributed by atoms with E-state index < -0.39 is 0 Å². The molecule has 0 aromatic heterocycles. The Kier molecular flexibility index (Phi) is 5.18. The lowest BCUT2D eigenvalue weighted by atomic mass is 10.0. The zero-order chi connectivity index (χ0) is 14.6. The van der Waals surface area contributed by atoms with Crippen LogP contribution in [0.3, 0.4) is 0 Å². The number of nitrogens with zero attached hydrogens (tertiary/aromatic N) is 1. The van der Waals surface area contributed by atoms with Crippen LogP contribution < -0.4 is 15.8 Å². The van der Waals surface area contributed by atoms with Crippen molar-refractivity contribution in [2.24, 2.45) is 5.92 Å². The summed E-state index contributed by atoms with van der Waals surface area (Å²) in [6.07, 6.45) is 0. The number of nitrogens with one attached hydrogen (secondary N) is 1. The summed E-state index contributed by atoms with van der Waals surface area (Å²) in [7, 11) is 5.35. The number of carbonyl (C=O) groups is 1. The lowest BCUT2D eigenvalue weighted by Gasteiger charge is -2.26. The molecule has 1 amide bonds. The van der Waals surface area contributed by atoms with Gasteiger partial charge in [0.25, 0.3) is 0 Å². The lowest BCUT2D eigenvalue weighted by molar-refractivity contribution is -0.121. The van der Waals surface area contributed by atoms with Gasteiger partial charge in [0.1, 0.15) is 5.75 Å². The Balaban J connectivity index is 2.84. The average Bonchev–Trinajstić information content (AvgIpc) is 2.27. The Morgan fingerprint density at radius 3 is 2.42 bits per heavy atom. The molecular formula is C14H23N3O2. The normalized spacial score (nSPS) is 12.6. The molecule has 1 aromatic rings. The minimum atomic E-state index is -0.177. The summed E-state index contributed by atoms with van der Waals surface area (Å²) < 4.78 is 5.08. The van der Waals surface area contributed by atoms with Crippen molar-refractivity contribution in [2.45, 2.75) is 19.9 Å². The molecule has 106 valence electrons. The summed E-state index contributed by atoms with van der Waals surface area (Å²) in [4.78, 5) is 14.1. The standard InChI is InChI=1S/C14H23N3O2/c1-9(2)13(17(3)4)14(18)16-10-6-7-12(19-5)11(15)8-10/h6-9,13H,15H2,1-5H3,(H,16,18). The predicted molar refractivity (Wildman–Crippen MR) is 78.3 cm³/mol. The van der Waals surface area contributed by atoms with E-state index in [0.717, 1.165) is 0 Å². The second-order valence-corrected chi connectivity index (χ2v) is 5.10. The fraction of sp³-hybridized carbons (Fsp3) is 0.500. The Labute approximate surface area is 114 Å². The van der Waals surface area contributed by atoms with E-state index in [4.69, 9.17) is 10.5 Å². The van der Waals surface area contributed by atoms with Gasteiger partial charge < -0.3 is 15.8 Å². The molecule has 0 spiro atoms. The number of carbonyl (C=O) groups excluding carboxylic acids is 1. The molecule has 0 saturated carbocycles. The summed E-state index contributed by atoms with van der Waals surface area (Å²) in [6, 6.07) is 5.04. The molecule has 5 nitrogen and oxygen atoms in total. The minimum absolute atomic E-state index is 0.0374. The number of nitrogens with two attached hydrogens (primary N) is 1. The molecule has 1 rings (SSSR count). The van der Waals surface area contributed by atoms with E-state index in [1.165, 1.54) is 0 Å². The van der Waals surface area contributed by atoms with Gasteiger partial charge in [-0.05, 0) is 38.2 Å². The van der Waals surface area contributed by atoms with Gasteiger partial charge >= 0.3 is 0 Å². The highest BCUT2D eigenvalue weighted by molar-refractivity contribution is 5.95. The largest absolute Gasteiger partial charge is 0.495 e. The van der Waals surface area contributed by atoms with Crippen molar-refractivity contribution in [3.8, 4) is 5.75 Å². The monoisotopic (exact) mass is 265 g/mol. The van der Waals surface area contributed by atoms with Crippen molar-refractivity contribution >= 4 is 17.3 Å². The Hall–Kier alpha value is -1.75. The fourth-order valence-corrected chi connectivity index (χ4v) is 2.16. The predicted octanol–water partition coefficient (Wildman–Crippen LogP) is 1.80. The number of methoxy groups -OCH3 is 1. The second-order valence-electron chi connectivity index (χ2n) is 5.10. The quantitative estimate of drug-likeness (QED) is 0.797. The molecule has 1 aromatic carbocycles. The van der Waals surface area contributed by atoms with Crippen LogP contribution in [-0.2, 0) is 4.79 Å². The first kappa shape index (κ1) is 15.3. The fourth-order valence-electron chi connectivity index (χ4n) is 2.16. The molecule has 0 bridgehead atoms. The first-order chi connectivity index (χ1) is 8.86. The summed E-state index contributed by atoms with van der Waals surface area (Å²) in [5.41, 5.74) is 7.00. The van der Waals surface area contributed by atoms with Crippen LogP contribution >= 0.6 is 0 Å². The van der Waals surface area contributed by atoms with Gasteiger partial charge in [-0.15, -0.1) is 0 Å². The maximum Gasteiger partial charge on any atom is 0.241 e. The van der Waals surface area contributed by atoms with Crippen LogP contribution in [0.2, 0.25) is 0 Å². The molecule has 0 heterocycles. The van der Waals surface area contributed by atoms with Crippen LogP contribution in [-0.4, -0.2) is 38.1 Å². The number of hydrogen-bond donors (Lipinski definition) is 2. The average molecular weight is 265 g/mol. The molecular weight excluding hydrogens is 242 g/mol. The number of ether oxygens (including phenoxy) is 1. The van der Waals surface area contributed by atoms with Crippen molar-refractivity contribution in [2.75, 3.05) is 32.3 Å². The summed E-state index contributed by atoms with van der Waals surface area (Å²) in [5, 5.41) is 2.88. The molecule has 0 aliphatic carbocycles. The van der Waals surface area contributed by atoms with Crippen LogP contribution in [0.15, 0.2) is 18.2 Å². The number of amides is 1. The van der Waals surface area contributed by atoms with Gasteiger partial charge in [-0.1, -0.05) is 13.8 Å². The summed E-state index contributed by atoms with van der Waals surface area (Å²) >= 11 is 0. The summed E-state index contributed by atoms with van der Waals surface area (Å²) in [5.74, 6) is 0.793. The van der Waals surface area contributed by atoms with Gasteiger partial charge in [-0.25, -0.2) is 0 Å². The molecule has 5 heteroatoms. The van der Waals surface area contributed by atoms with Crippen LogP contribution in [0.25, 0.3) is 0 Å². The topological polar surface area (TPSA) is 67.6 Å². The highest BCUT2D eigenvalue weighted by Gasteiger charge is 2.24. The van der Waals surface area contributed by atoms with Crippen LogP contribution in [0.4, 0.5) is 11.4 Å². The number of nitrogen functional groups attached to an aromatic ring is 1. The highest BCUT2D eigenvalue weighted by Crippen LogP contribution is 2.25. The number of benzene rings is 1. The number of hydrogen-bond acceptors (Lipinski definition) is 4. The zero-order valence-corrected chi connectivity index (χ0v) is 12.2. The Morgan fingerprint density at radius 1 is 1.37 bits per heavy atom. The van der Waals surface area contributed by atoms with Crippen molar-refractivity contribution in [1.82, 2.24) is 4.90 Å². The SMILES string of the molecule is COc1ccc(NC(=O)C(C(C)C)N(C)C)cc1N. The molecule has 0 aliphatic rings. The maximum absolute atomic E-state index is 12.2. The van der Waals surface area contributed by atoms with E-state index in [1.54, 1.807) is 25.3 Å². The van der Waals surface area contributed by atoms with Crippen molar-refractivity contribution in [1.29, 1.82) is 0 Å². The maximum atomic E-state index is 12.2. The molecule has 1 atom stereocenters. The van der Waals surface area contributed by atoms with Gasteiger partial charge in [0.2, 0.25) is 5.91 Å². The lowest BCUT2D eigenvalue weighted by Crippen LogP contribution is -2.43. The third kappa shape index (κ3) is 3.86. The molecule has 19 heavy (non-hydrogen) atoms. The van der Waals surface area contributed by atoms with E-state index in [-0.39, 0.29) is 17.9 Å². The van der Waals surface area contributed by atoms with Crippen LogP contribution in [0.5, 0.6) is 5.75 Å². The van der Waals surface area contributed by atoms with E-state index in [1.807, 2.05) is 32.8 Å². The molecule has 0 aliphatic heterocycles. The van der Waals surface area contributed by atoms with Crippen molar-refractivity contribution in [3.05, 3.63) is 18.2 Å². The number of anilines is 2. The van der Waals surface area contributed by atoms with Gasteiger partial charge in [0.15, 0.2) is 0 Å². The van der Waals surface area contributed by atoms with Gasteiger partial charge in [-0.3, -0.25) is 9.69 Å². The Bertz CT molecular complexity index is 436. The Morgan fingerprint density at radius 2 is 2.00 bits per heavy atom. The number of rotatable bonds is 5. The molecule has 3 N–H and O–H groups in total. The minimum Gasteiger partial charge on any atom is -0.495 e. The third-order valence-electron chi connectivity index (χ3n) is 2.95. The zero-order valence-electron chi connectivity index (χ0n) is 12.2. The molecule has 1 unspecified atom stereocenters. The van der Waals surface area contributed by atoms with E-state index in [9.17, 15) is 4.79 Å². The van der Waals surface area contributed by atoms with E-state index >= 15 is 0 Å². The van der Waals surface area contributed by atoms with Crippen LogP contribution in [0, 0.1) is 5.92 Å². The first-order valence-electron chi connectivity index (χ1n) is 6.27. The van der Waals surface area contributed by atoms with E-state index in [2.05, 4.69) is 5.32 Å². The van der Waals surface area contributed by atoms with Gasteiger partial charge in [-0.2, -0.15) is 0 Å². The molecule has 0 saturated heterocycles. The van der Waals surface area contributed by atoms with Gasteiger partial charge in [0.05, 0.1) is 18.8 Å². The van der Waals surface area contributed by atoms with E-state index in [0.29, 0.717) is 17.1 Å². The third-order valence-corrected chi connectivity index (χ3v) is 2.95. The first-order valence-corrected chi connectivity index (χ1v) is 6.27. The smallest absolute Gasteiger partial charge is 0.241 e. The summed E-state index contributed by atoms with van der Waals surface area (Å²) in [6.45, 7) is 4.04. The van der Waals surface area contributed by atoms with Crippen molar-refractivity contribution in [3.63, 3.8) is 0 Å². The van der Waals surface area contributed by atoms with Gasteiger partial charge in [0, 0.05) is 5.69 Å². The highest BCUT2D eigenvalue weighted by atomic mass is 16.5. The van der Waals surface area contributed by atoms with Crippen molar-refractivity contribution < 1.29 is 9.53 Å². The second kappa shape index (κ2) is 6.43. The number of likely N-dealkylation sites (N-methyl/N-ethyl adjacent to an activating group) is 1.